The summed E-state index contributed by atoms with van der Waals surface area (Å²) in [7, 11) is 1.63. The second kappa shape index (κ2) is 35.1. The average molecular weight is 973 g/mol. The third-order valence-corrected chi connectivity index (χ3v) is 9.88. The zero-order valence-electron chi connectivity index (χ0n) is 40.7. The van der Waals surface area contributed by atoms with Gasteiger partial charge in [0.2, 0.25) is 0 Å². The van der Waals surface area contributed by atoms with Crippen LogP contribution in [0.15, 0.2) is 85.1 Å². The molecule has 0 fully saturated rings. The molecule has 0 aliphatic heterocycles. The lowest BCUT2D eigenvalue weighted by molar-refractivity contribution is -0.137. The molecule has 69 heavy (non-hydrogen) atoms. The molecule has 0 saturated heterocycles. The Balaban J connectivity index is 0.00000622. The standard InChI is InChI=1S/C49H65F3N4O11.C2H6/c1-4-56(5-2)43-12-13-45(44(35-43)46-34-41(14-15-53-46)47(57)54-36-38-8-7-11-42(33-38)49(50,51)52)55-48(58)40-10-6-9-39(32-40)37-67-31-30-66-29-28-65-27-26-64-25-24-63-23-22-62-21-20-61-19-18-60-17-16-59-3;1-2/h6-15,32-35H,4-5,16-31,36-37H2,1-3H3,(H,54,57)(H,55,58);1-2H3. The first-order chi connectivity index (χ1) is 33.6. The molecule has 0 aliphatic rings. The molecular formula is C51H71F3N4O11. The third kappa shape index (κ3) is 23.4. The van der Waals surface area contributed by atoms with Crippen molar-refractivity contribution in [1.29, 1.82) is 0 Å². The molecule has 2 amide bonds. The summed E-state index contributed by atoms with van der Waals surface area (Å²) < 4.78 is 88.8. The van der Waals surface area contributed by atoms with Crippen molar-refractivity contribution in [3.63, 3.8) is 0 Å². The highest BCUT2D eigenvalue weighted by Crippen LogP contribution is 2.33. The summed E-state index contributed by atoms with van der Waals surface area (Å²) in [6.45, 7) is 17.2. The van der Waals surface area contributed by atoms with Gasteiger partial charge in [-0.3, -0.25) is 14.6 Å². The molecule has 1 aromatic heterocycles. The normalized spacial score (nSPS) is 11.2. The highest BCUT2D eigenvalue weighted by Gasteiger charge is 2.30. The van der Waals surface area contributed by atoms with Gasteiger partial charge in [0.1, 0.15) is 0 Å². The van der Waals surface area contributed by atoms with Crippen LogP contribution < -0.4 is 15.5 Å². The highest BCUT2D eigenvalue weighted by atomic mass is 19.4. The van der Waals surface area contributed by atoms with E-state index in [1.165, 1.54) is 24.4 Å². The van der Waals surface area contributed by atoms with Gasteiger partial charge in [0.15, 0.2) is 0 Å². The number of pyridine rings is 1. The molecule has 15 nitrogen and oxygen atoms in total. The first-order valence-electron chi connectivity index (χ1n) is 23.4. The topological polar surface area (TPSA) is 157 Å². The van der Waals surface area contributed by atoms with Crippen molar-refractivity contribution in [2.45, 2.75) is 47.0 Å². The summed E-state index contributed by atoms with van der Waals surface area (Å²) in [5.74, 6) is -0.845. The summed E-state index contributed by atoms with van der Waals surface area (Å²) in [4.78, 5) is 33.6. The lowest BCUT2D eigenvalue weighted by Crippen LogP contribution is -2.23. The fourth-order valence-electron chi connectivity index (χ4n) is 6.37. The second-order valence-electron chi connectivity index (χ2n) is 14.7. The first-order valence-corrected chi connectivity index (χ1v) is 23.4. The predicted molar refractivity (Wildman–Crippen MR) is 259 cm³/mol. The summed E-state index contributed by atoms with van der Waals surface area (Å²) in [6.07, 6.45) is -3.02. The van der Waals surface area contributed by atoms with Crippen LogP contribution >= 0.6 is 0 Å². The Morgan fingerprint density at radius 1 is 0.580 bits per heavy atom. The van der Waals surface area contributed by atoms with Gasteiger partial charge in [0, 0.05) is 55.3 Å². The van der Waals surface area contributed by atoms with Crippen molar-refractivity contribution >= 4 is 23.2 Å². The predicted octanol–water partition coefficient (Wildman–Crippen LogP) is 8.10. The minimum atomic E-state index is -4.50. The maximum atomic E-state index is 13.7. The summed E-state index contributed by atoms with van der Waals surface area (Å²) in [5.41, 5.74) is 3.36. The zero-order valence-corrected chi connectivity index (χ0v) is 40.7. The van der Waals surface area contributed by atoms with Crippen LogP contribution in [0.2, 0.25) is 0 Å². The molecule has 0 aliphatic carbocycles. The molecular weight excluding hydrogens is 902 g/mol. The van der Waals surface area contributed by atoms with E-state index in [1.54, 1.807) is 37.4 Å². The molecule has 0 spiro atoms. The number of carbonyl (C=O) groups excluding carboxylic acids is 2. The molecule has 0 radical (unpaired) electrons. The number of nitrogens with one attached hydrogen (secondary N) is 2. The minimum Gasteiger partial charge on any atom is -0.382 e. The zero-order chi connectivity index (χ0) is 50.0. The average Bonchev–Trinajstić information content (AvgIpc) is 3.37. The number of anilines is 2. The number of rotatable bonds is 35. The molecule has 4 rings (SSSR count). The lowest BCUT2D eigenvalue weighted by Gasteiger charge is -2.23. The Hall–Kier alpha value is -5.02. The van der Waals surface area contributed by atoms with Gasteiger partial charge in [-0.05, 0) is 79.6 Å². The van der Waals surface area contributed by atoms with Crippen LogP contribution in [-0.2, 0) is 62.0 Å². The molecule has 0 saturated carbocycles. The second-order valence-corrected chi connectivity index (χ2v) is 14.7. The van der Waals surface area contributed by atoms with Gasteiger partial charge in [0.25, 0.3) is 11.8 Å². The largest absolute Gasteiger partial charge is 0.416 e. The fourth-order valence-corrected chi connectivity index (χ4v) is 6.37. The molecule has 0 bridgehead atoms. The number of halogens is 3. The Morgan fingerprint density at radius 2 is 1.09 bits per heavy atom. The number of hydrogen-bond acceptors (Lipinski definition) is 13. The van der Waals surface area contributed by atoms with E-state index >= 15 is 0 Å². The van der Waals surface area contributed by atoms with E-state index < -0.39 is 17.6 Å². The van der Waals surface area contributed by atoms with Crippen molar-refractivity contribution in [3.05, 3.63) is 113 Å². The number of carbonyl (C=O) groups is 2. The van der Waals surface area contributed by atoms with Crippen molar-refractivity contribution in [2.24, 2.45) is 0 Å². The van der Waals surface area contributed by atoms with E-state index in [9.17, 15) is 22.8 Å². The van der Waals surface area contributed by atoms with E-state index in [2.05, 4.69) is 20.5 Å². The van der Waals surface area contributed by atoms with Crippen LogP contribution in [0.5, 0.6) is 0 Å². The molecule has 3 aromatic carbocycles. The molecule has 18 heteroatoms. The van der Waals surface area contributed by atoms with Crippen molar-refractivity contribution in [3.8, 4) is 11.3 Å². The van der Waals surface area contributed by atoms with E-state index in [0.717, 1.165) is 36.5 Å². The van der Waals surface area contributed by atoms with E-state index in [1.807, 2.05) is 45.9 Å². The van der Waals surface area contributed by atoms with Gasteiger partial charge in [-0.2, -0.15) is 13.2 Å². The van der Waals surface area contributed by atoms with Crippen LogP contribution in [0.4, 0.5) is 24.5 Å². The number of alkyl halides is 3. The quantitative estimate of drug-likeness (QED) is 0.0427. The lowest BCUT2D eigenvalue weighted by atomic mass is 10.0. The fraction of sp³-hybridized carbons (Fsp3) is 0.510. The number of nitrogens with zero attached hydrogens (tertiary/aromatic N) is 2. The van der Waals surface area contributed by atoms with Crippen molar-refractivity contribution < 1.29 is 65.4 Å². The SMILES string of the molecule is CC.CCN(CC)c1ccc(NC(=O)c2cccc(COCCOCCOCCOCCOCCOCCOCCOCCOC)c2)c(-c2cc(C(=O)NCc3cccc(C(F)(F)F)c3)ccn2)c1. The first kappa shape index (κ1) is 58.3. The maximum Gasteiger partial charge on any atom is 0.416 e. The van der Waals surface area contributed by atoms with Gasteiger partial charge < -0.3 is 58.2 Å². The number of ether oxygens (including phenoxy) is 9. The maximum absolute atomic E-state index is 13.7. The number of amides is 2. The molecule has 4 aromatic rings. The van der Waals surface area contributed by atoms with Crippen LogP contribution in [0.3, 0.4) is 0 Å². The number of aromatic nitrogens is 1. The Bertz CT molecular complexity index is 2020. The summed E-state index contributed by atoms with van der Waals surface area (Å²) in [6, 6.07) is 20.7. The number of hydrogen-bond donors (Lipinski definition) is 2. The van der Waals surface area contributed by atoms with Gasteiger partial charge in [-0.25, -0.2) is 0 Å². The van der Waals surface area contributed by atoms with Crippen LogP contribution in [-0.4, -0.2) is 143 Å². The van der Waals surface area contributed by atoms with E-state index in [4.69, 9.17) is 42.6 Å². The number of methoxy groups -OCH3 is 1. The molecule has 0 atom stereocenters. The molecule has 0 unspecified atom stereocenters. The van der Waals surface area contributed by atoms with E-state index in [0.29, 0.717) is 134 Å². The van der Waals surface area contributed by atoms with Crippen LogP contribution in [0.25, 0.3) is 11.3 Å². The van der Waals surface area contributed by atoms with Gasteiger partial charge in [-0.15, -0.1) is 0 Å². The van der Waals surface area contributed by atoms with E-state index in [-0.39, 0.29) is 24.6 Å². The van der Waals surface area contributed by atoms with Crippen LogP contribution in [0.1, 0.15) is 65.1 Å². The Morgan fingerprint density at radius 3 is 1.62 bits per heavy atom. The summed E-state index contributed by atoms with van der Waals surface area (Å²) >= 11 is 0. The third-order valence-electron chi connectivity index (χ3n) is 9.88. The smallest absolute Gasteiger partial charge is 0.382 e. The van der Waals surface area contributed by atoms with Gasteiger partial charge >= 0.3 is 6.18 Å². The highest BCUT2D eigenvalue weighted by molar-refractivity contribution is 6.06. The Kier molecular flexibility index (Phi) is 29.7. The van der Waals surface area contributed by atoms with Crippen molar-refractivity contribution in [1.82, 2.24) is 10.3 Å². The molecule has 2 N–H and O–H groups in total. The van der Waals surface area contributed by atoms with Crippen molar-refractivity contribution in [2.75, 3.05) is 136 Å². The Labute approximate surface area is 405 Å². The molecule has 1 heterocycles. The molecule has 382 valence electrons. The van der Waals surface area contributed by atoms with Gasteiger partial charge in [0.05, 0.1) is 129 Å². The van der Waals surface area contributed by atoms with Gasteiger partial charge in [-0.1, -0.05) is 38.1 Å². The summed E-state index contributed by atoms with van der Waals surface area (Å²) in [5, 5.41) is 5.71. The van der Waals surface area contributed by atoms with Crippen LogP contribution in [0, 0.1) is 0 Å². The minimum absolute atomic E-state index is 0.104. The number of benzene rings is 3. The monoisotopic (exact) mass is 973 g/mol.